The average molecular weight is 423 g/mol. The van der Waals surface area contributed by atoms with E-state index in [1.165, 1.54) is 5.56 Å². The van der Waals surface area contributed by atoms with Gasteiger partial charge in [0, 0.05) is 51.3 Å². The van der Waals surface area contributed by atoms with E-state index in [9.17, 15) is 4.79 Å². The summed E-state index contributed by atoms with van der Waals surface area (Å²) in [6.07, 6.45) is 1.11. The van der Waals surface area contributed by atoms with E-state index >= 15 is 0 Å². The van der Waals surface area contributed by atoms with Crippen molar-refractivity contribution >= 4 is 11.9 Å². The molecule has 1 fully saturated rings. The van der Waals surface area contributed by atoms with E-state index in [-0.39, 0.29) is 5.91 Å². The second-order valence-corrected chi connectivity index (χ2v) is 7.78. The Bertz CT molecular complexity index is 873. The Labute approximate surface area is 185 Å². The van der Waals surface area contributed by atoms with Crippen molar-refractivity contribution in [3.05, 3.63) is 65.2 Å². The number of hydrogen-bond acceptors (Lipinski definition) is 3. The first-order valence-electron chi connectivity index (χ1n) is 11.1. The first kappa shape index (κ1) is 22.7. The van der Waals surface area contributed by atoms with E-state index in [0.29, 0.717) is 12.5 Å². The van der Waals surface area contributed by atoms with Crippen molar-refractivity contribution < 1.29 is 9.53 Å². The van der Waals surface area contributed by atoms with Crippen LogP contribution in [0.4, 0.5) is 0 Å². The van der Waals surface area contributed by atoms with Crippen LogP contribution >= 0.6 is 0 Å². The first-order chi connectivity index (χ1) is 15.1. The van der Waals surface area contributed by atoms with Gasteiger partial charge in [-0.3, -0.25) is 9.79 Å². The fraction of sp³-hybridized carbons (Fsp3) is 0.440. The molecule has 1 N–H and O–H groups in total. The van der Waals surface area contributed by atoms with Gasteiger partial charge in [-0.2, -0.15) is 0 Å². The minimum absolute atomic E-state index is 0.0851. The molecule has 0 aliphatic carbocycles. The highest BCUT2D eigenvalue weighted by Crippen LogP contribution is 2.28. The molecule has 6 heteroatoms. The lowest BCUT2D eigenvalue weighted by atomic mass is 9.98. The van der Waals surface area contributed by atoms with Gasteiger partial charge in [0.05, 0.1) is 7.11 Å². The number of benzene rings is 2. The molecule has 1 aliphatic heterocycles. The van der Waals surface area contributed by atoms with Crippen molar-refractivity contribution in [2.24, 2.45) is 4.99 Å². The maximum atomic E-state index is 12.5. The Balaban J connectivity index is 1.55. The number of guanidine groups is 1. The molecule has 2 aromatic carbocycles. The highest BCUT2D eigenvalue weighted by molar-refractivity contribution is 5.94. The van der Waals surface area contributed by atoms with Crippen molar-refractivity contribution in [1.29, 1.82) is 0 Å². The zero-order valence-electron chi connectivity index (χ0n) is 19.1. The van der Waals surface area contributed by atoms with E-state index in [0.717, 1.165) is 55.4 Å². The smallest absolute Gasteiger partial charge is 0.253 e. The zero-order chi connectivity index (χ0) is 22.2. The van der Waals surface area contributed by atoms with Gasteiger partial charge in [0.25, 0.3) is 5.91 Å². The van der Waals surface area contributed by atoms with Gasteiger partial charge in [0.1, 0.15) is 5.75 Å². The number of aliphatic imine (C=N–C) groups is 1. The Morgan fingerprint density at radius 3 is 2.39 bits per heavy atom. The second-order valence-electron chi connectivity index (χ2n) is 7.78. The molecular formula is C25H34N4O2. The van der Waals surface area contributed by atoms with Crippen molar-refractivity contribution in [1.82, 2.24) is 15.1 Å². The number of hydrogen-bond donors (Lipinski definition) is 1. The van der Waals surface area contributed by atoms with E-state index < -0.39 is 0 Å². The quantitative estimate of drug-likeness (QED) is 0.546. The predicted molar refractivity (Wildman–Crippen MR) is 126 cm³/mol. The van der Waals surface area contributed by atoms with Gasteiger partial charge in [-0.15, -0.1) is 0 Å². The van der Waals surface area contributed by atoms with E-state index in [4.69, 9.17) is 4.74 Å². The van der Waals surface area contributed by atoms with E-state index in [1.807, 2.05) is 62.2 Å². The minimum atomic E-state index is 0.0851. The van der Waals surface area contributed by atoms with Crippen LogP contribution in [-0.2, 0) is 6.54 Å². The van der Waals surface area contributed by atoms with Crippen molar-refractivity contribution in [3.63, 3.8) is 0 Å². The van der Waals surface area contributed by atoms with Crippen LogP contribution in [0, 0.1) is 0 Å². The molecule has 1 atom stereocenters. The van der Waals surface area contributed by atoms with E-state index in [1.54, 1.807) is 7.11 Å². The summed E-state index contributed by atoms with van der Waals surface area (Å²) in [5.41, 5.74) is 3.20. The number of nitrogens with zero attached hydrogens (tertiary/aromatic N) is 3. The largest absolute Gasteiger partial charge is 0.497 e. The summed E-state index contributed by atoms with van der Waals surface area (Å²) in [6, 6.07) is 16.2. The Hall–Kier alpha value is -3.02. The number of ether oxygens (including phenoxy) is 1. The minimum Gasteiger partial charge on any atom is -0.497 e. The fourth-order valence-electron chi connectivity index (χ4n) is 4.07. The molecule has 1 saturated heterocycles. The summed E-state index contributed by atoms with van der Waals surface area (Å²) in [5, 5.41) is 3.47. The number of amides is 1. The van der Waals surface area contributed by atoms with Gasteiger partial charge in [-0.05, 0) is 55.7 Å². The summed E-state index contributed by atoms with van der Waals surface area (Å²) in [5.74, 6) is 2.39. The topological polar surface area (TPSA) is 57.2 Å². The molecule has 6 nitrogen and oxygen atoms in total. The number of carbonyl (C=O) groups is 1. The van der Waals surface area contributed by atoms with Crippen molar-refractivity contribution in [2.75, 3.05) is 40.3 Å². The summed E-state index contributed by atoms with van der Waals surface area (Å²) in [7, 11) is 3.52. The van der Waals surface area contributed by atoms with Gasteiger partial charge in [-0.25, -0.2) is 0 Å². The molecule has 0 radical (unpaired) electrons. The SMILES string of the molecule is CCN(CC)C(=O)c1ccc(CNC(=NC)N2CCC(c3ccc(OC)cc3)C2)cc1. The standard InChI is InChI=1S/C25H34N4O2/c1-5-28(6-2)24(30)21-9-7-19(8-10-21)17-27-25(26-3)29-16-15-22(18-29)20-11-13-23(31-4)14-12-20/h7-14,22H,5-6,15-18H2,1-4H3,(H,26,27). The fourth-order valence-corrected chi connectivity index (χ4v) is 4.07. The number of methoxy groups -OCH3 is 1. The lowest BCUT2D eigenvalue weighted by Gasteiger charge is -2.22. The van der Waals surface area contributed by atoms with Gasteiger partial charge in [0.2, 0.25) is 0 Å². The Morgan fingerprint density at radius 2 is 1.81 bits per heavy atom. The molecule has 1 unspecified atom stereocenters. The van der Waals surface area contributed by atoms with Crippen molar-refractivity contribution in [3.8, 4) is 5.75 Å². The maximum Gasteiger partial charge on any atom is 0.253 e. The van der Waals surface area contributed by atoms with Crippen LogP contribution in [0.5, 0.6) is 5.75 Å². The van der Waals surface area contributed by atoms with Gasteiger partial charge in [-0.1, -0.05) is 24.3 Å². The zero-order valence-corrected chi connectivity index (χ0v) is 19.1. The predicted octanol–water partition coefficient (Wildman–Crippen LogP) is 3.74. The van der Waals surface area contributed by atoms with Crippen LogP contribution in [-0.4, -0.2) is 62.0 Å². The monoisotopic (exact) mass is 422 g/mol. The van der Waals surface area contributed by atoms with E-state index in [2.05, 4.69) is 27.3 Å². The molecule has 166 valence electrons. The molecule has 0 saturated carbocycles. The normalized spacial score (nSPS) is 16.3. The van der Waals surface area contributed by atoms with Gasteiger partial charge < -0.3 is 19.9 Å². The van der Waals surface area contributed by atoms with Crippen LogP contribution in [0.15, 0.2) is 53.5 Å². The molecule has 1 aliphatic rings. The Morgan fingerprint density at radius 1 is 1.13 bits per heavy atom. The van der Waals surface area contributed by atoms with Crippen molar-refractivity contribution in [2.45, 2.75) is 32.7 Å². The number of likely N-dealkylation sites (tertiary alicyclic amines) is 1. The molecule has 1 heterocycles. The van der Waals surface area contributed by atoms with Crippen LogP contribution < -0.4 is 10.1 Å². The molecule has 1 amide bonds. The second kappa shape index (κ2) is 10.8. The molecule has 0 spiro atoms. The summed E-state index contributed by atoms with van der Waals surface area (Å²) >= 11 is 0. The Kier molecular flexibility index (Phi) is 7.93. The number of rotatable bonds is 7. The molecule has 3 rings (SSSR count). The third-order valence-corrected chi connectivity index (χ3v) is 5.99. The first-order valence-corrected chi connectivity index (χ1v) is 11.1. The molecule has 0 aromatic heterocycles. The molecule has 31 heavy (non-hydrogen) atoms. The summed E-state index contributed by atoms with van der Waals surface area (Å²) in [4.78, 5) is 21.1. The number of carbonyl (C=O) groups excluding carboxylic acids is 1. The number of nitrogens with one attached hydrogen (secondary N) is 1. The third kappa shape index (κ3) is 5.57. The average Bonchev–Trinajstić information content (AvgIpc) is 3.31. The maximum absolute atomic E-state index is 12.5. The van der Waals surface area contributed by atoms with Crippen LogP contribution in [0.2, 0.25) is 0 Å². The highest BCUT2D eigenvalue weighted by atomic mass is 16.5. The van der Waals surface area contributed by atoms with Gasteiger partial charge >= 0.3 is 0 Å². The summed E-state index contributed by atoms with van der Waals surface area (Å²) < 4.78 is 5.27. The van der Waals surface area contributed by atoms with Gasteiger partial charge in [0.15, 0.2) is 5.96 Å². The lowest BCUT2D eigenvalue weighted by Crippen LogP contribution is -2.39. The molecule has 0 bridgehead atoms. The molecular weight excluding hydrogens is 388 g/mol. The lowest BCUT2D eigenvalue weighted by molar-refractivity contribution is 0.0773. The third-order valence-electron chi connectivity index (χ3n) is 5.99. The summed E-state index contributed by atoms with van der Waals surface area (Å²) in [6.45, 7) is 8.06. The molecule has 2 aromatic rings. The van der Waals surface area contributed by atoms with Crippen LogP contribution in [0.25, 0.3) is 0 Å². The highest BCUT2D eigenvalue weighted by Gasteiger charge is 2.26. The van der Waals surface area contributed by atoms with Crippen LogP contribution in [0.3, 0.4) is 0 Å². The van der Waals surface area contributed by atoms with Crippen LogP contribution in [0.1, 0.15) is 47.7 Å².